The summed E-state index contributed by atoms with van der Waals surface area (Å²) in [4.78, 5) is 21.2. The van der Waals surface area contributed by atoms with Gasteiger partial charge in [-0.1, -0.05) is 40.5 Å². The Hall–Kier alpha value is -4.08. The molecule has 2 saturated carbocycles. The van der Waals surface area contributed by atoms with E-state index in [1.54, 1.807) is 18.2 Å². The fraction of sp³-hybridized carbons (Fsp3) is 0.475. The van der Waals surface area contributed by atoms with Crippen molar-refractivity contribution in [2.75, 3.05) is 26.3 Å². The van der Waals surface area contributed by atoms with Crippen LogP contribution in [0.2, 0.25) is 10.0 Å². The minimum atomic E-state index is -0.477. The number of likely N-dealkylation sites (tertiary alicyclic amines) is 1. The van der Waals surface area contributed by atoms with Crippen molar-refractivity contribution in [1.29, 1.82) is 5.26 Å². The zero-order valence-corrected chi connectivity index (χ0v) is 30.9. The number of nitrogens with zero attached hydrogens (tertiary/aromatic N) is 7. The van der Waals surface area contributed by atoms with Gasteiger partial charge in [-0.25, -0.2) is 14.1 Å². The number of pyridine rings is 1. The van der Waals surface area contributed by atoms with Crippen LogP contribution < -0.4 is 5.32 Å². The van der Waals surface area contributed by atoms with E-state index in [0.717, 1.165) is 61.1 Å². The van der Waals surface area contributed by atoms with Gasteiger partial charge in [0.15, 0.2) is 5.82 Å². The van der Waals surface area contributed by atoms with Gasteiger partial charge in [-0.05, 0) is 75.1 Å². The van der Waals surface area contributed by atoms with Gasteiger partial charge in [0.2, 0.25) is 5.91 Å². The Balaban J connectivity index is 1.17. The number of carbonyl (C=O) groups excluding carboxylic acids is 1. The van der Waals surface area contributed by atoms with E-state index in [2.05, 4.69) is 43.4 Å². The molecule has 10 nitrogen and oxygen atoms in total. The number of aromatic nitrogens is 5. The number of aryl methyl sites for hydroxylation is 2. The number of carbonyl (C=O) groups is 1. The Morgan fingerprint density at radius 1 is 1.17 bits per heavy atom. The molecule has 11 rings (SSSR count). The van der Waals surface area contributed by atoms with Crippen LogP contribution in [0, 0.1) is 35.9 Å². The number of ether oxygens (including phenoxy) is 1. The molecular formula is C40H39Cl2FN8O2. The van der Waals surface area contributed by atoms with Crippen molar-refractivity contribution in [2.24, 2.45) is 11.8 Å². The second-order valence-electron chi connectivity index (χ2n) is 15.6. The maximum atomic E-state index is 17.2. The number of benzene rings is 2. The first-order chi connectivity index (χ1) is 25.8. The maximum absolute atomic E-state index is 17.2. The monoisotopic (exact) mass is 752 g/mol. The van der Waals surface area contributed by atoms with Crippen molar-refractivity contribution >= 4 is 50.9 Å². The number of amides is 1. The Bertz CT molecular complexity index is 2340. The molecule has 6 unspecified atom stereocenters. The Kier molecular flexibility index (Phi) is 8.06. The van der Waals surface area contributed by atoms with E-state index in [9.17, 15) is 10.1 Å². The number of halogens is 3. The molecule has 2 bridgehead atoms. The maximum Gasteiger partial charge on any atom is 0.226 e. The summed E-state index contributed by atoms with van der Waals surface area (Å²) in [6.07, 6.45) is 7.13. The van der Waals surface area contributed by atoms with Crippen molar-refractivity contribution in [3.8, 4) is 17.2 Å². The van der Waals surface area contributed by atoms with E-state index in [4.69, 9.17) is 32.9 Å². The van der Waals surface area contributed by atoms with Crippen LogP contribution in [0.15, 0.2) is 36.5 Å². The average Bonchev–Trinajstić information content (AvgIpc) is 3.83. The summed E-state index contributed by atoms with van der Waals surface area (Å²) in [5.41, 5.74) is 5.39. The molecule has 3 aromatic heterocycles. The highest BCUT2D eigenvalue weighted by Crippen LogP contribution is 2.52. The summed E-state index contributed by atoms with van der Waals surface area (Å²) in [7, 11) is 0. The summed E-state index contributed by atoms with van der Waals surface area (Å²) in [6, 6.07) is 11.9. The smallest absolute Gasteiger partial charge is 0.226 e. The van der Waals surface area contributed by atoms with Crippen molar-refractivity contribution in [2.45, 2.75) is 82.0 Å². The fourth-order valence-electron chi connectivity index (χ4n) is 9.62. The molecule has 2 aromatic carbocycles. The summed E-state index contributed by atoms with van der Waals surface area (Å²) in [6.45, 7) is 4.80. The van der Waals surface area contributed by atoms with Gasteiger partial charge in [0, 0.05) is 83.5 Å². The molecule has 4 aliphatic heterocycles. The molecule has 0 radical (unpaired) electrons. The van der Waals surface area contributed by atoms with Crippen LogP contribution in [0.25, 0.3) is 32.9 Å². The van der Waals surface area contributed by atoms with Gasteiger partial charge in [-0.15, -0.1) is 5.10 Å². The highest BCUT2D eigenvalue weighted by molar-refractivity contribution is 6.43. The molecule has 1 amide bonds. The largest absolute Gasteiger partial charge is 0.381 e. The predicted octanol–water partition coefficient (Wildman–Crippen LogP) is 7.62. The first kappa shape index (κ1) is 33.5. The molecule has 0 spiro atoms. The summed E-state index contributed by atoms with van der Waals surface area (Å²) < 4.78 is 27.3. The molecule has 6 atom stereocenters. The molecule has 5 aromatic rings. The number of nitrogens with one attached hydrogen (secondary N) is 1. The van der Waals surface area contributed by atoms with E-state index in [-0.39, 0.29) is 58.9 Å². The molecule has 53 heavy (non-hydrogen) atoms. The van der Waals surface area contributed by atoms with Crippen molar-refractivity contribution in [3.05, 3.63) is 75.0 Å². The van der Waals surface area contributed by atoms with Crippen LogP contribution in [-0.2, 0) is 16.0 Å². The third-order valence-electron chi connectivity index (χ3n) is 12.5. The summed E-state index contributed by atoms with van der Waals surface area (Å²) >= 11 is 13.1. The molecular weight excluding hydrogens is 714 g/mol. The van der Waals surface area contributed by atoms with E-state index in [1.807, 2.05) is 17.7 Å². The minimum absolute atomic E-state index is 0.0371. The van der Waals surface area contributed by atoms with Gasteiger partial charge < -0.3 is 19.5 Å². The standard InChI is InChI=1S/C40H39Cl2FN8O2/c1-20-27-15-33(32-14-25(17-49(32)40(52)21-7-8-21)50-18-31(47-48-50)23-9-11-53-19-23)51(38-24-13-30(38)45-16-24)39(27)28-12-22(4-3-10-44)34(36(43)37(28)46-20)26-5-2-6-29(41)35(26)42/h2,5-6,12,15,18,21,23-25,30,32,38,45H,3-4,7-9,11,13-14,16-17,19H2,1H3. The van der Waals surface area contributed by atoms with Gasteiger partial charge in [0.05, 0.1) is 52.1 Å². The second kappa shape index (κ2) is 12.8. The third kappa shape index (κ3) is 5.31. The Morgan fingerprint density at radius 3 is 2.77 bits per heavy atom. The van der Waals surface area contributed by atoms with E-state index >= 15 is 4.39 Å². The van der Waals surface area contributed by atoms with Crippen LogP contribution in [0.1, 0.15) is 85.2 Å². The number of rotatable bonds is 8. The summed E-state index contributed by atoms with van der Waals surface area (Å²) in [5, 5.41) is 24.7. The lowest BCUT2D eigenvalue weighted by Gasteiger charge is -2.39. The average molecular weight is 754 g/mol. The second-order valence-corrected chi connectivity index (χ2v) is 16.4. The zero-order valence-electron chi connectivity index (χ0n) is 29.4. The highest BCUT2D eigenvalue weighted by Gasteiger charge is 2.51. The highest BCUT2D eigenvalue weighted by atomic mass is 35.5. The summed E-state index contributed by atoms with van der Waals surface area (Å²) in [5.74, 6) is 0.430. The first-order valence-corrected chi connectivity index (χ1v) is 19.6. The van der Waals surface area contributed by atoms with Gasteiger partial charge in [-0.3, -0.25) is 4.79 Å². The van der Waals surface area contributed by atoms with Crippen molar-refractivity contribution < 1.29 is 13.9 Å². The van der Waals surface area contributed by atoms with Crippen LogP contribution in [0.3, 0.4) is 0 Å². The lowest BCUT2D eigenvalue weighted by molar-refractivity contribution is -0.133. The topological polar surface area (TPSA) is 114 Å². The molecule has 6 aliphatic rings. The first-order valence-electron chi connectivity index (χ1n) is 18.8. The van der Waals surface area contributed by atoms with E-state index < -0.39 is 5.82 Å². The predicted molar refractivity (Wildman–Crippen MR) is 199 cm³/mol. The van der Waals surface area contributed by atoms with Gasteiger partial charge in [0.1, 0.15) is 5.52 Å². The number of nitriles is 1. The van der Waals surface area contributed by atoms with Crippen molar-refractivity contribution in [3.63, 3.8) is 0 Å². The van der Waals surface area contributed by atoms with E-state index in [0.29, 0.717) is 64.7 Å². The third-order valence-corrected chi connectivity index (χ3v) is 13.3. The number of fused-ring (bicyclic) bond motifs is 4. The van der Waals surface area contributed by atoms with E-state index in [1.165, 1.54) is 0 Å². The molecule has 272 valence electrons. The molecule has 4 saturated heterocycles. The minimum Gasteiger partial charge on any atom is -0.381 e. The number of hydrogen-bond donors (Lipinski definition) is 1. The van der Waals surface area contributed by atoms with Crippen molar-refractivity contribution in [1.82, 2.24) is 34.8 Å². The van der Waals surface area contributed by atoms with Crippen LogP contribution in [-0.4, -0.2) is 67.7 Å². The fourth-order valence-corrected chi connectivity index (χ4v) is 10.0. The lowest BCUT2D eigenvalue weighted by atomic mass is 9.79. The van der Waals surface area contributed by atoms with Gasteiger partial charge in [0.25, 0.3) is 0 Å². The Morgan fingerprint density at radius 2 is 2.04 bits per heavy atom. The molecule has 1 N–H and O–H groups in total. The molecule has 13 heteroatoms. The SMILES string of the molecule is Cc1nc2c(F)c(-c3cccc(Cl)c3Cl)c(CCC#N)cc2c2c1cc(C1CC(n3cc(C4CCOC4)nn3)CN1C(=O)C1CC1)n2C1C2CNC1C2. The normalized spacial score (nSPS) is 26.5. The molecule has 6 fully saturated rings. The lowest BCUT2D eigenvalue weighted by Crippen LogP contribution is -2.41. The van der Waals surface area contributed by atoms with Crippen LogP contribution in [0.5, 0.6) is 0 Å². The molecule has 2 aliphatic carbocycles. The van der Waals surface area contributed by atoms with Gasteiger partial charge in [-0.2, -0.15) is 5.26 Å². The number of hydrogen-bond acceptors (Lipinski definition) is 7. The quantitative estimate of drug-likeness (QED) is 0.174. The Labute approximate surface area is 316 Å². The van der Waals surface area contributed by atoms with Gasteiger partial charge >= 0.3 is 0 Å². The molecule has 7 heterocycles. The zero-order chi connectivity index (χ0) is 36.1. The van der Waals surface area contributed by atoms with Crippen LogP contribution >= 0.6 is 23.2 Å². The van der Waals surface area contributed by atoms with Crippen LogP contribution in [0.4, 0.5) is 4.39 Å².